The fourth-order valence-corrected chi connectivity index (χ4v) is 1.73. The number of aryl methyl sites for hydroxylation is 1. The molecule has 0 unspecified atom stereocenters. The van der Waals surface area contributed by atoms with Crippen molar-refractivity contribution in [1.82, 2.24) is 5.01 Å². The molecule has 1 aliphatic rings. The SMILES string of the molecule is Cc1cccc(NN2CCCC2)c1. The van der Waals surface area contributed by atoms with Gasteiger partial charge in [0.25, 0.3) is 0 Å². The maximum absolute atomic E-state index is 3.42. The molecule has 0 saturated carbocycles. The van der Waals surface area contributed by atoms with Gasteiger partial charge >= 0.3 is 0 Å². The highest BCUT2D eigenvalue weighted by Gasteiger charge is 2.10. The smallest absolute Gasteiger partial charge is 0.0492 e. The van der Waals surface area contributed by atoms with Gasteiger partial charge in [-0.15, -0.1) is 0 Å². The van der Waals surface area contributed by atoms with E-state index in [4.69, 9.17) is 0 Å². The maximum atomic E-state index is 3.42. The standard InChI is InChI=1S/C11H16N2/c1-10-5-4-6-11(9-10)12-13-7-2-3-8-13/h4-6,9,12H,2-3,7-8H2,1H3. The summed E-state index contributed by atoms with van der Waals surface area (Å²) in [5, 5.41) is 2.29. The molecule has 13 heavy (non-hydrogen) atoms. The van der Waals surface area contributed by atoms with Gasteiger partial charge in [0.2, 0.25) is 0 Å². The number of hydrogen-bond acceptors (Lipinski definition) is 2. The number of benzene rings is 1. The Hall–Kier alpha value is -1.02. The van der Waals surface area contributed by atoms with E-state index < -0.39 is 0 Å². The number of nitrogens with zero attached hydrogens (tertiary/aromatic N) is 1. The van der Waals surface area contributed by atoms with Crippen LogP contribution in [0.2, 0.25) is 0 Å². The molecule has 0 spiro atoms. The average Bonchev–Trinajstić information content (AvgIpc) is 2.57. The largest absolute Gasteiger partial charge is 0.319 e. The predicted molar refractivity (Wildman–Crippen MR) is 55.6 cm³/mol. The van der Waals surface area contributed by atoms with E-state index >= 15 is 0 Å². The van der Waals surface area contributed by atoms with Crippen molar-refractivity contribution in [2.45, 2.75) is 19.8 Å². The van der Waals surface area contributed by atoms with Gasteiger partial charge in [-0.2, -0.15) is 0 Å². The summed E-state index contributed by atoms with van der Waals surface area (Å²) >= 11 is 0. The average molecular weight is 176 g/mol. The number of rotatable bonds is 2. The zero-order valence-corrected chi connectivity index (χ0v) is 8.09. The highest BCUT2D eigenvalue weighted by Crippen LogP contribution is 2.13. The molecular weight excluding hydrogens is 160 g/mol. The molecule has 0 atom stereocenters. The van der Waals surface area contributed by atoms with Crippen LogP contribution in [0.15, 0.2) is 24.3 Å². The van der Waals surface area contributed by atoms with E-state index in [0.717, 1.165) is 0 Å². The fourth-order valence-electron chi connectivity index (χ4n) is 1.73. The quantitative estimate of drug-likeness (QED) is 0.744. The molecule has 2 rings (SSSR count). The van der Waals surface area contributed by atoms with Crippen LogP contribution in [-0.2, 0) is 0 Å². The van der Waals surface area contributed by atoms with Gasteiger partial charge < -0.3 is 5.43 Å². The van der Waals surface area contributed by atoms with Crippen molar-refractivity contribution in [2.75, 3.05) is 18.5 Å². The molecule has 1 aromatic carbocycles. The molecule has 2 heteroatoms. The Morgan fingerprint density at radius 2 is 2.00 bits per heavy atom. The van der Waals surface area contributed by atoms with Gasteiger partial charge in [0, 0.05) is 18.8 Å². The second-order valence-electron chi connectivity index (χ2n) is 3.68. The molecule has 1 aromatic rings. The van der Waals surface area contributed by atoms with Crippen LogP contribution in [0.25, 0.3) is 0 Å². The van der Waals surface area contributed by atoms with Gasteiger partial charge in [-0.25, -0.2) is 5.01 Å². The Morgan fingerprint density at radius 3 is 2.69 bits per heavy atom. The van der Waals surface area contributed by atoms with E-state index in [9.17, 15) is 0 Å². The Balaban J connectivity index is 2.00. The predicted octanol–water partition coefficient (Wildman–Crippen LogP) is 2.42. The molecule has 2 nitrogen and oxygen atoms in total. The minimum Gasteiger partial charge on any atom is -0.319 e. The lowest BCUT2D eigenvalue weighted by Gasteiger charge is -2.17. The van der Waals surface area contributed by atoms with E-state index in [2.05, 4.69) is 41.6 Å². The molecule has 1 fully saturated rings. The Morgan fingerprint density at radius 1 is 1.23 bits per heavy atom. The number of hydrogen-bond donors (Lipinski definition) is 1. The van der Waals surface area contributed by atoms with Gasteiger partial charge in [0.1, 0.15) is 0 Å². The number of anilines is 1. The van der Waals surface area contributed by atoms with Gasteiger partial charge in [0.05, 0.1) is 0 Å². The number of hydrazine groups is 1. The van der Waals surface area contributed by atoms with Crippen LogP contribution in [0.4, 0.5) is 5.69 Å². The van der Waals surface area contributed by atoms with E-state index in [1.807, 2.05) is 0 Å². The van der Waals surface area contributed by atoms with Crippen molar-refractivity contribution < 1.29 is 0 Å². The molecular formula is C11H16N2. The normalized spacial score (nSPS) is 17.6. The molecule has 0 aromatic heterocycles. The van der Waals surface area contributed by atoms with E-state index in [0.29, 0.717) is 0 Å². The molecule has 0 aliphatic carbocycles. The first-order chi connectivity index (χ1) is 6.34. The van der Waals surface area contributed by atoms with Gasteiger partial charge in [0.15, 0.2) is 0 Å². The lowest BCUT2D eigenvalue weighted by atomic mass is 10.2. The Bertz CT molecular complexity index is 277. The van der Waals surface area contributed by atoms with Crippen LogP contribution in [0, 0.1) is 6.92 Å². The lowest BCUT2D eigenvalue weighted by Crippen LogP contribution is -2.26. The summed E-state index contributed by atoms with van der Waals surface area (Å²) in [6, 6.07) is 8.51. The van der Waals surface area contributed by atoms with Crippen LogP contribution in [-0.4, -0.2) is 18.1 Å². The highest BCUT2D eigenvalue weighted by atomic mass is 15.5. The van der Waals surface area contributed by atoms with Crippen LogP contribution < -0.4 is 5.43 Å². The summed E-state index contributed by atoms with van der Waals surface area (Å²) in [6.07, 6.45) is 2.64. The topological polar surface area (TPSA) is 15.3 Å². The molecule has 1 saturated heterocycles. The van der Waals surface area contributed by atoms with Crippen molar-refractivity contribution in [3.8, 4) is 0 Å². The molecule has 1 N–H and O–H groups in total. The first-order valence-corrected chi connectivity index (χ1v) is 4.93. The van der Waals surface area contributed by atoms with Crippen LogP contribution in [0.5, 0.6) is 0 Å². The second kappa shape index (κ2) is 3.79. The lowest BCUT2D eigenvalue weighted by molar-refractivity contribution is 0.410. The zero-order valence-electron chi connectivity index (χ0n) is 8.09. The monoisotopic (exact) mass is 176 g/mol. The molecule has 0 amide bonds. The van der Waals surface area contributed by atoms with Gasteiger partial charge in [-0.1, -0.05) is 12.1 Å². The van der Waals surface area contributed by atoms with E-state index in [1.54, 1.807) is 0 Å². The third-order valence-corrected chi connectivity index (χ3v) is 2.41. The Labute approximate surface area is 79.5 Å². The van der Waals surface area contributed by atoms with Crippen molar-refractivity contribution in [2.24, 2.45) is 0 Å². The molecule has 0 radical (unpaired) electrons. The maximum Gasteiger partial charge on any atom is 0.0492 e. The van der Waals surface area contributed by atoms with E-state index in [1.165, 1.54) is 37.2 Å². The number of nitrogens with one attached hydrogen (secondary N) is 1. The summed E-state index contributed by atoms with van der Waals surface area (Å²) < 4.78 is 0. The van der Waals surface area contributed by atoms with Gasteiger partial charge in [-0.05, 0) is 37.5 Å². The summed E-state index contributed by atoms with van der Waals surface area (Å²) in [7, 11) is 0. The van der Waals surface area contributed by atoms with Crippen LogP contribution >= 0.6 is 0 Å². The fraction of sp³-hybridized carbons (Fsp3) is 0.455. The van der Waals surface area contributed by atoms with Crippen LogP contribution in [0.1, 0.15) is 18.4 Å². The van der Waals surface area contributed by atoms with Crippen molar-refractivity contribution in [3.05, 3.63) is 29.8 Å². The summed E-state index contributed by atoms with van der Waals surface area (Å²) in [6.45, 7) is 4.47. The molecule has 1 heterocycles. The summed E-state index contributed by atoms with van der Waals surface area (Å²) in [5.41, 5.74) is 5.93. The first-order valence-electron chi connectivity index (χ1n) is 4.93. The van der Waals surface area contributed by atoms with Gasteiger partial charge in [-0.3, -0.25) is 0 Å². The first kappa shape index (κ1) is 8.57. The van der Waals surface area contributed by atoms with E-state index in [-0.39, 0.29) is 0 Å². The highest BCUT2D eigenvalue weighted by molar-refractivity contribution is 5.44. The summed E-state index contributed by atoms with van der Waals surface area (Å²) in [5.74, 6) is 0. The summed E-state index contributed by atoms with van der Waals surface area (Å²) in [4.78, 5) is 0. The van der Waals surface area contributed by atoms with Crippen LogP contribution in [0.3, 0.4) is 0 Å². The minimum atomic E-state index is 1.17. The van der Waals surface area contributed by atoms with Crippen molar-refractivity contribution >= 4 is 5.69 Å². The Kier molecular flexibility index (Phi) is 2.50. The van der Waals surface area contributed by atoms with Crippen molar-refractivity contribution in [1.29, 1.82) is 0 Å². The molecule has 70 valence electrons. The molecule has 1 aliphatic heterocycles. The zero-order chi connectivity index (χ0) is 9.10. The second-order valence-corrected chi connectivity index (χ2v) is 3.68. The third kappa shape index (κ3) is 2.22. The minimum absolute atomic E-state index is 1.17. The third-order valence-electron chi connectivity index (χ3n) is 2.41. The van der Waals surface area contributed by atoms with Crippen molar-refractivity contribution in [3.63, 3.8) is 0 Å². The molecule has 0 bridgehead atoms.